The zero-order valence-electron chi connectivity index (χ0n) is 23.0. The summed E-state index contributed by atoms with van der Waals surface area (Å²) in [4.78, 5) is 28.4. The van der Waals surface area contributed by atoms with Crippen LogP contribution in [0.15, 0.2) is 77.7 Å². The Bertz CT molecular complexity index is 1410. The van der Waals surface area contributed by atoms with Gasteiger partial charge >= 0.3 is 0 Å². The van der Waals surface area contributed by atoms with Gasteiger partial charge in [0.15, 0.2) is 0 Å². The van der Waals surface area contributed by atoms with E-state index in [0.717, 1.165) is 21.0 Å². The van der Waals surface area contributed by atoms with Crippen LogP contribution in [0, 0.1) is 19.8 Å². The van der Waals surface area contributed by atoms with Crippen LogP contribution in [0.25, 0.3) is 0 Å². The quantitative estimate of drug-likeness (QED) is 0.338. The molecule has 0 aliphatic heterocycles. The Hall–Kier alpha value is -3.36. The molecule has 2 amide bonds. The maximum absolute atomic E-state index is 13.9. The number of halogens is 1. The average Bonchev–Trinajstić information content (AvgIpc) is 2.88. The Morgan fingerprint density at radius 3 is 2.10 bits per heavy atom. The number of rotatable bonds is 11. The first kappa shape index (κ1) is 30.2. The molecule has 0 aromatic heterocycles. The third-order valence-corrected chi connectivity index (χ3v) is 8.30. The fourth-order valence-corrected chi connectivity index (χ4v) is 5.62. The van der Waals surface area contributed by atoms with Crippen molar-refractivity contribution in [2.24, 2.45) is 5.92 Å². The monoisotopic (exact) mass is 569 g/mol. The van der Waals surface area contributed by atoms with E-state index in [1.165, 1.54) is 29.2 Å². The molecule has 7 nitrogen and oxygen atoms in total. The van der Waals surface area contributed by atoms with Gasteiger partial charge in [0.05, 0.1) is 10.6 Å². The van der Waals surface area contributed by atoms with Crippen molar-refractivity contribution in [3.8, 4) is 0 Å². The van der Waals surface area contributed by atoms with Gasteiger partial charge in [-0.05, 0) is 74.2 Å². The number of hydrogen-bond donors (Lipinski definition) is 1. The summed E-state index contributed by atoms with van der Waals surface area (Å²) < 4.78 is 28.8. The molecule has 1 unspecified atom stereocenters. The molecule has 0 radical (unpaired) electrons. The molecule has 0 bridgehead atoms. The molecule has 0 spiro atoms. The highest BCUT2D eigenvalue weighted by Gasteiger charge is 2.32. The lowest BCUT2D eigenvalue weighted by molar-refractivity contribution is -0.139. The topological polar surface area (TPSA) is 86.8 Å². The van der Waals surface area contributed by atoms with E-state index in [9.17, 15) is 18.0 Å². The van der Waals surface area contributed by atoms with E-state index >= 15 is 0 Å². The molecule has 3 aromatic carbocycles. The number of hydrogen-bond acceptors (Lipinski definition) is 4. The molecule has 0 aliphatic rings. The van der Waals surface area contributed by atoms with Gasteiger partial charge in [-0.15, -0.1) is 0 Å². The minimum Gasteiger partial charge on any atom is -0.354 e. The normalized spacial score (nSPS) is 12.2. The average molecular weight is 570 g/mol. The lowest BCUT2D eigenvalue weighted by Gasteiger charge is -2.32. The van der Waals surface area contributed by atoms with Crippen molar-refractivity contribution in [2.75, 3.05) is 17.4 Å². The van der Waals surface area contributed by atoms with Crippen molar-refractivity contribution < 1.29 is 18.0 Å². The van der Waals surface area contributed by atoms with Crippen LogP contribution < -0.4 is 9.62 Å². The van der Waals surface area contributed by atoms with E-state index in [2.05, 4.69) is 5.32 Å². The largest absolute Gasteiger partial charge is 0.354 e. The molecular weight excluding hydrogens is 534 g/mol. The lowest BCUT2D eigenvalue weighted by Crippen LogP contribution is -2.51. The Kier molecular flexibility index (Phi) is 10.2. The molecule has 3 aromatic rings. The van der Waals surface area contributed by atoms with Gasteiger partial charge in [-0.2, -0.15) is 0 Å². The summed E-state index contributed by atoms with van der Waals surface area (Å²) in [5, 5.41) is 3.29. The lowest BCUT2D eigenvalue weighted by atomic mass is 10.1. The molecule has 0 saturated carbocycles. The van der Waals surface area contributed by atoms with E-state index < -0.39 is 28.5 Å². The van der Waals surface area contributed by atoms with Crippen LogP contribution in [-0.2, 0) is 26.2 Å². The Morgan fingerprint density at radius 1 is 0.897 bits per heavy atom. The van der Waals surface area contributed by atoms with Gasteiger partial charge in [0.1, 0.15) is 12.6 Å². The standard InChI is InChI=1S/C30H36ClN3O4S/c1-21(2)18-32-30(36)24(5)33(19-25-10-6-8-22(3)16-25)29(35)20-34(27-11-7-9-23(4)17-27)39(37,38)28-14-12-26(31)13-15-28/h6-17,21,24H,18-20H2,1-5H3,(H,32,36). The predicted octanol–water partition coefficient (Wildman–Crippen LogP) is 5.34. The summed E-state index contributed by atoms with van der Waals surface area (Å²) in [6, 6.07) is 19.6. The van der Waals surface area contributed by atoms with E-state index in [1.807, 2.05) is 58.0 Å². The molecule has 208 valence electrons. The van der Waals surface area contributed by atoms with Crippen LogP contribution in [0.2, 0.25) is 5.02 Å². The van der Waals surface area contributed by atoms with Crippen molar-refractivity contribution in [2.45, 2.75) is 52.1 Å². The van der Waals surface area contributed by atoms with Gasteiger partial charge in [-0.25, -0.2) is 8.42 Å². The van der Waals surface area contributed by atoms with Gasteiger partial charge in [-0.3, -0.25) is 13.9 Å². The highest BCUT2D eigenvalue weighted by Crippen LogP contribution is 2.26. The smallest absolute Gasteiger partial charge is 0.264 e. The highest BCUT2D eigenvalue weighted by atomic mass is 35.5. The molecule has 0 heterocycles. The summed E-state index contributed by atoms with van der Waals surface area (Å²) in [6.45, 7) is 9.58. The fraction of sp³-hybridized carbons (Fsp3) is 0.333. The van der Waals surface area contributed by atoms with Crippen molar-refractivity contribution in [1.29, 1.82) is 0 Å². The van der Waals surface area contributed by atoms with Crippen LogP contribution in [0.1, 0.15) is 37.5 Å². The molecule has 1 atom stereocenters. The molecule has 3 rings (SSSR count). The number of carbonyl (C=O) groups excluding carboxylic acids is 2. The first-order chi connectivity index (χ1) is 18.4. The molecule has 39 heavy (non-hydrogen) atoms. The van der Waals surface area contributed by atoms with Crippen LogP contribution in [0.5, 0.6) is 0 Å². The molecular formula is C30H36ClN3O4S. The van der Waals surface area contributed by atoms with Gasteiger partial charge in [-0.1, -0.05) is 67.4 Å². The first-order valence-electron chi connectivity index (χ1n) is 12.9. The molecule has 0 saturated heterocycles. The number of amides is 2. The zero-order chi connectivity index (χ0) is 28.7. The fourth-order valence-electron chi connectivity index (χ4n) is 4.09. The molecule has 0 aliphatic carbocycles. The summed E-state index contributed by atoms with van der Waals surface area (Å²) in [7, 11) is -4.14. The van der Waals surface area contributed by atoms with Crippen LogP contribution >= 0.6 is 11.6 Å². The minimum atomic E-state index is -4.14. The highest BCUT2D eigenvalue weighted by molar-refractivity contribution is 7.92. The van der Waals surface area contributed by atoms with Gasteiger partial charge in [0, 0.05) is 18.1 Å². The summed E-state index contributed by atoms with van der Waals surface area (Å²) in [5.41, 5.74) is 3.05. The van der Waals surface area contributed by atoms with E-state index in [1.54, 1.807) is 25.1 Å². The summed E-state index contributed by atoms with van der Waals surface area (Å²) in [5.74, 6) is -0.557. The predicted molar refractivity (Wildman–Crippen MR) is 156 cm³/mol. The van der Waals surface area contributed by atoms with Crippen LogP contribution in [0.3, 0.4) is 0 Å². The number of nitrogens with zero attached hydrogens (tertiary/aromatic N) is 2. The number of sulfonamides is 1. The van der Waals surface area contributed by atoms with E-state index in [4.69, 9.17) is 11.6 Å². The number of nitrogens with one attached hydrogen (secondary N) is 1. The van der Waals surface area contributed by atoms with Crippen molar-refractivity contribution >= 4 is 39.1 Å². The van der Waals surface area contributed by atoms with E-state index in [0.29, 0.717) is 17.3 Å². The van der Waals surface area contributed by atoms with Crippen molar-refractivity contribution in [3.05, 3.63) is 94.5 Å². The summed E-state index contributed by atoms with van der Waals surface area (Å²) >= 11 is 6.00. The molecule has 1 N–H and O–H groups in total. The van der Waals surface area contributed by atoms with Crippen molar-refractivity contribution in [1.82, 2.24) is 10.2 Å². The van der Waals surface area contributed by atoms with Gasteiger partial charge in [0.25, 0.3) is 10.0 Å². The van der Waals surface area contributed by atoms with E-state index in [-0.39, 0.29) is 23.3 Å². The number of carbonyl (C=O) groups is 2. The number of anilines is 1. The Labute approximate surface area is 236 Å². The third-order valence-electron chi connectivity index (χ3n) is 6.26. The number of aryl methyl sites for hydroxylation is 2. The van der Waals surface area contributed by atoms with Gasteiger partial charge < -0.3 is 10.2 Å². The van der Waals surface area contributed by atoms with Crippen LogP contribution in [0.4, 0.5) is 5.69 Å². The molecule has 0 fully saturated rings. The SMILES string of the molecule is Cc1cccc(CN(C(=O)CN(c2cccc(C)c2)S(=O)(=O)c2ccc(Cl)cc2)C(C)C(=O)NCC(C)C)c1. The van der Waals surface area contributed by atoms with Crippen molar-refractivity contribution in [3.63, 3.8) is 0 Å². The Balaban J connectivity index is 2.01. The van der Waals surface area contributed by atoms with Gasteiger partial charge in [0.2, 0.25) is 11.8 Å². The minimum absolute atomic E-state index is 0.00849. The summed E-state index contributed by atoms with van der Waals surface area (Å²) in [6.07, 6.45) is 0. The number of benzene rings is 3. The second-order valence-electron chi connectivity index (χ2n) is 10.1. The molecule has 9 heteroatoms. The second kappa shape index (κ2) is 13.1. The maximum atomic E-state index is 13.9. The second-order valence-corrected chi connectivity index (χ2v) is 12.4. The first-order valence-corrected chi connectivity index (χ1v) is 14.7. The maximum Gasteiger partial charge on any atom is 0.264 e. The van der Waals surface area contributed by atoms with Crippen LogP contribution in [-0.4, -0.2) is 44.3 Å². The Morgan fingerprint density at radius 2 is 1.51 bits per heavy atom. The zero-order valence-corrected chi connectivity index (χ0v) is 24.6. The third kappa shape index (κ3) is 8.07.